The van der Waals surface area contributed by atoms with Crippen molar-refractivity contribution in [3.63, 3.8) is 0 Å². The fraction of sp³-hybridized carbons (Fsp3) is 0.400. The van der Waals surface area contributed by atoms with Crippen LogP contribution in [0.25, 0.3) is 16.7 Å². The normalized spacial score (nSPS) is 11.3. The molecule has 0 radical (unpaired) electrons. The summed E-state index contributed by atoms with van der Waals surface area (Å²) < 4.78 is 1.13. The fourth-order valence-electron chi connectivity index (χ4n) is 2.97. The summed E-state index contributed by atoms with van der Waals surface area (Å²) in [4.78, 5) is 1.58. The van der Waals surface area contributed by atoms with E-state index in [0.717, 1.165) is 58.7 Å². The largest absolute Gasteiger partial charge is 0.505 e. The monoisotopic (exact) mass is 449 g/mol. The predicted molar refractivity (Wildman–Crippen MR) is 110 cm³/mol. The Kier molecular flexibility index (Phi) is 5.93. The maximum atomic E-state index is 10.8. The summed E-state index contributed by atoms with van der Waals surface area (Å²) in [5.41, 5.74) is 4.62. The van der Waals surface area contributed by atoms with E-state index in [4.69, 9.17) is 0 Å². The lowest BCUT2D eigenvalue weighted by atomic mass is 10.00. The average molecular weight is 449 g/mol. The second kappa shape index (κ2) is 8.17. The number of phenolic OH excluding ortho intramolecular Hbond substituents is 1. The molecule has 0 fully saturated rings. The minimum absolute atomic E-state index is 0.309. The summed E-state index contributed by atoms with van der Waals surface area (Å²) in [5, 5.41) is 20.0. The standard InChI is InChI=1S/C20H24IN3O/c1-3-5-7-14-11-15(8-6-4-2)20(25)19(12-14)24-22-17-10-9-16(21)13-18(17)23-24/h9-13,25H,3-8H2,1-2H3. The third-order valence-corrected chi connectivity index (χ3v) is 5.08. The summed E-state index contributed by atoms with van der Waals surface area (Å²) in [5.74, 6) is 0.309. The van der Waals surface area contributed by atoms with Crippen molar-refractivity contribution in [3.8, 4) is 11.4 Å². The van der Waals surface area contributed by atoms with Crippen LogP contribution in [0.2, 0.25) is 0 Å². The summed E-state index contributed by atoms with van der Waals surface area (Å²) in [7, 11) is 0. The lowest BCUT2D eigenvalue weighted by Gasteiger charge is -2.12. The molecular weight excluding hydrogens is 425 g/mol. The fourth-order valence-corrected chi connectivity index (χ4v) is 3.45. The molecule has 3 aromatic rings. The molecule has 3 rings (SSSR count). The molecular formula is C20H24IN3O. The Balaban J connectivity index is 2.07. The van der Waals surface area contributed by atoms with E-state index in [2.05, 4.69) is 52.7 Å². The number of nitrogens with zero attached hydrogens (tertiary/aromatic N) is 3. The van der Waals surface area contributed by atoms with E-state index in [-0.39, 0.29) is 0 Å². The van der Waals surface area contributed by atoms with E-state index in [9.17, 15) is 5.11 Å². The Morgan fingerprint density at radius 3 is 2.44 bits per heavy atom. The SMILES string of the molecule is CCCCc1cc(CCCC)c(O)c(-n2nc3ccc(I)cc3n2)c1. The third-order valence-electron chi connectivity index (χ3n) is 4.41. The van der Waals surface area contributed by atoms with Gasteiger partial charge in [0.1, 0.15) is 22.5 Å². The number of aryl methyl sites for hydroxylation is 2. The molecule has 0 bridgehead atoms. The first-order chi connectivity index (χ1) is 12.1. The number of benzene rings is 2. The number of unbranched alkanes of at least 4 members (excludes halogenated alkanes) is 2. The van der Waals surface area contributed by atoms with Crippen LogP contribution in [-0.2, 0) is 12.8 Å². The summed E-state index contributed by atoms with van der Waals surface area (Å²) >= 11 is 2.27. The summed E-state index contributed by atoms with van der Waals surface area (Å²) in [6.45, 7) is 4.37. The number of halogens is 1. The molecule has 25 heavy (non-hydrogen) atoms. The molecule has 0 aliphatic heterocycles. The molecule has 0 saturated carbocycles. The zero-order valence-electron chi connectivity index (χ0n) is 14.8. The molecule has 4 nitrogen and oxygen atoms in total. The number of fused-ring (bicyclic) bond motifs is 1. The van der Waals surface area contributed by atoms with Gasteiger partial charge in [-0.25, -0.2) is 0 Å². The Labute approximate surface area is 162 Å². The minimum Gasteiger partial charge on any atom is -0.505 e. The number of phenols is 1. The van der Waals surface area contributed by atoms with E-state index >= 15 is 0 Å². The highest BCUT2D eigenvalue weighted by atomic mass is 127. The van der Waals surface area contributed by atoms with Crippen molar-refractivity contribution in [2.24, 2.45) is 0 Å². The van der Waals surface area contributed by atoms with Crippen molar-refractivity contribution < 1.29 is 5.11 Å². The van der Waals surface area contributed by atoms with Crippen molar-refractivity contribution in [3.05, 3.63) is 45.0 Å². The van der Waals surface area contributed by atoms with Crippen molar-refractivity contribution in [1.29, 1.82) is 0 Å². The number of hydrogen-bond acceptors (Lipinski definition) is 3. The number of hydrogen-bond donors (Lipinski definition) is 1. The zero-order chi connectivity index (χ0) is 17.8. The van der Waals surface area contributed by atoms with Gasteiger partial charge in [0.2, 0.25) is 0 Å². The van der Waals surface area contributed by atoms with Gasteiger partial charge >= 0.3 is 0 Å². The highest BCUT2D eigenvalue weighted by Crippen LogP contribution is 2.30. The van der Waals surface area contributed by atoms with Gasteiger partial charge in [0.25, 0.3) is 0 Å². The molecule has 0 unspecified atom stereocenters. The van der Waals surface area contributed by atoms with Crippen molar-refractivity contribution >= 4 is 33.6 Å². The minimum atomic E-state index is 0.309. The van der Waals surface area contributed by atoms with Gasteiger partial charge in [0, 0.05) is 3.57 Å². The molecule has 0 spiro atoms. The second-order valence-electron chi connectivity index (χ2n) is 6.45. The van der Waals surface area contributed by atoms with Gasteiger partial charge in [0.05, 0.1) is 0 Å². The second-order valence-corrected chi connectivity index (χ2v) is 7.70. The predicted octanol–water partition coefficient (Wildman–Crippen LogP) is 5.42. The molecule has 0 saturated heterocycles. The highest BCUT2D eigenvalue weighted by molar-refractivity contribution is 14.1. The van der Waals surface area contributed by atoms with Crippen molar-refractivity contribution in [2.45, 2.75) is 52.4 Å². The van der Waals surface area contributed by atoms with E-state index in [1.165, 1.54) is 5.56 Å². The smallest absolute Gasteiger partial charge is 0.146 e. The highest BCUT2D eigenvalue weighted by Gasteiger charge is 2.14. The molecule has 132 valence electrons. The first-order valence-corrected chi connectivity index (χ1v) is 10.1. The lowest BCUT2D eigenvalue weighted by Crippen LogP contribution is -2.03. The first kappa shape index (κ1) is 18.2. The van der Waals surface area contributed by atoms with Crippen LogP contribution in [0.15, 0.2) is 30.3 Å². The number of rotatable bonds is 7. The lowest BCUT2D eigenvalue weighted by molar-refractivity contribution is 0.459. The van der Waals surface area contributed by atoms with Crippen LogP contribution in [0.3, 0.4) is 0 Å². The van der Waals surface area contributed by atoms with Crippen LogP contribution in [0.5, 0.6) is 5.75 Å². The van der Waals surface area contributed by atoms with Gasteiger partial charge in [-0.1, -0.05) is 32.8 Å². The number of aromatic nitrogens is 3. The average Bonchev–Trinajstić information content (AvgIpc) is 3.02. The van der Waals surface area contributed by atoms with Crippen LogP contribution in [-0.4, -0.2) is 20.1 Å². The van der Waals surface area contributed by atoms with E-state index in [0.29, 0.717) is 11.4 Å². The maximum Gasteiger partial charge on any atom is 0.146 e. The zero-order valence-corrected chi connectivity index (χ0v) is 17.0. The molecule has 1 heterocycles. The molecule has 0 aliphatic carbocycles. The molecule has 0 atom stereocenters. The first-order valence-electron chi connectivity index (χ1n) is 9.00. The van der Waals surface area contributed by atoms with Crippen LogP contribution in [0.1, 0.15) is 50.7 Å². The van der Waals surface area contributed by atoms with E-state index in [1.807, 2.05) is 24.3 Å². The molecule has 1 aromatic heterocycles. The molecule has 5 heteroatoms. The van der Waals surface area contributed by atoms with Gasteiger partial charge in [-0.2, -0.15) is 0 Å². The Morgan fingerprint density at radius 2 is 1.68 bits per heavy atom. The molecule has 2 aromatic carbocycles. The van der Waals surface area contributed by atoms with Crippen LogP contribution >= 0.6 is 22.6 Å². The quantitative estimate of drug-likeness (QED) is 0.491. The maximum absolute atomic E-state index is 10.8. The Hall–Kier alpha value is -1.63. The van der Waals surface area contributed by atoms with Gasteiger partial charge in [-0.3, -0.25) is 0 Å². The van der Waals surface area contributed by atoms with E-state index < -0.39 is 0 Å². The Morgan fingerprint density at radius 1 is 0.960 bits per heavy atom. The van der Waals surface area contributed by atoms with Gasteiger partial charge in [0.15, 0.2) is 0 Å². The molecule has 0 amide bonds. The van der Waals surface area contributed by atoms with Crippen LogP contribution in [0.4, 0.5) is 0 Å². The van der Waals surface area contributed by atoms with E-state index in [1.54, 1.807) is 4.80 Å². The van der Waals surface area contributed by atoms with Crippen molar-refractivity contribution in [2.75, 3.05) is 0 Å². The van der Waals surface area contributed by atoms with Gasteiger partial charge < -0.3 is 5.11 Å². The topological polar surface area (TPSA) is 50.9 Å². The summed E-state index contributed by atoms with van der Waals surface area (Å²) in [6, 6.07) is 10.2. The van der Waals surface area contributed by atoms with Crippen molar-refractivity contribution in [1.82, 2.24) is 15.0 Å². The third kappa shape index (κ3) is 4.14. The number of aromatic hydroxyl groups is 1. The molecule has 1 N–H and O–H groups in total. The van der Waals surface area contributed by atoms with Crippen LogP contribution in [0, 0.1) is 3.57 Å². The van der Waals surface area contributed by atoms with Gasteiger partial charge in [-0.15, -0.1) is 15.0 Å². The molecule has 0 aliphatic rings. The van der Waals surface area contributed by atoms with Crippen LogP contribution < -0.4 is 0 Å². The van der Waals surface area contributed by atoms with Gasteiger partial charge in [-0.05, 0) is 83.7 Å². The Bertz CT molecular complexity index is 873. The summed E-state index contributed by atoms with van der Waals surface area (Å²) in [6.07, 6.45) is 6.37.